The van der Waals surface area contributed by atoms with E-state index in [0.717, 1.165) is 25.7 Å². The Labute approximate surface area is 87.5 Å². The third-order valence-electron chi connectivity index (χ3n) is 2.87. The number of rotatable bonds is 1. The predicted molar refractivity (Wildman–Crippen MR) is 52.8 cm³/mol. The summed E-state index contributed by atoms with van der Waals surface area (Å²) in [5, 5.41) is 2.26. The lowest BCUT2D eigenvalue weighted by atomic mass is 9.83. The molecule has 1 saturated carbocycles. The monoisotopic (exact) mass is 213 g/mol. The highest BCUT2D eigenvalue weighted by Crippen LogP contribution is 2.34. The van der Waals surface area contributed by atoms with Gasteiger partial charge in [0.05, 0.1) is 0 Å². The second-order valence-electron chi connectivity index (χ2n) is 3.82. The van der Waals surface area contributed by atoms with Gasteiger partial charge in [0.1, 0.15) is 0 Å². The van der Waals surface area contributed by atoms with E-state index in [0.29, 0.717) is 5.57 Å². The molecule has 0 saturated heterocycles. The Kier molecular flexibility index (Phi) is 2.59. The van der Waals surface area contributed by atoms with Crippen molar-refractivity contribution in [2.24, 2.45) is 5.92 Å². The average molecular weight is 214 g/mol. The standard InChI is InChI=1S/C10H12ClNO2/c11-8-4-2-1-3-6(8)7-5-9(13)12-10(7)14/h5-6,8H,1-4H2,(H,12,13,14). The number of halogens is 1. The molecule has 0 spiro atoms. The molecule has 0 aromatic carbocycles. The summed E-state index contributed by atoms with van der Waals surface area (Å²) in [7, 11) is 0. The fourth-order valence-electron chi connectivity index (χ4n) is 2.14. The van der Waals surface area contributed by atoms with Crippen molar-refractivity contribution in [2.75, 3.05) is 0 Å². The molecule has 0 bridgehead atoms. The molecule has 1 N–H and O–H groups in total. The molecule has 0 radical (unpaired) electrons. The van der Waals surface area contributed by atoms with Crippen LogP contribution in [0.1, 0.15) is 25.7 Å². The third kappa shape index (κ3) is 1.69. The van der Waals surface area contributed by atoms with Crippen LogP contribution in [0.25, 0.3) is 0 Å². The predicted octanol–water partition coefficient (Wildman–Crippen LogP) is 1.37. The lowest BCUT2D eigenvalue weighted by molar-refractivity contribution is -0.124. The number of imide groups is 1. The van der Waals surface area contributed by atoms with Crippen LogP contribution >= 0.6 is 11.6 Å². The van der Waals surface area contributed by atoms with Crippen LogP contribution in [0, 0.1) is 5.92 Å². The Morgan fingerprint density at radius 1 is 1.29 bits per heavy atom. The topological polar surface area (TPSA) is 46.2 Å². The molecule has 1 aliphatic carbocycles. The van der Waals surface area contributed by atoms with Crippen LogP contribution in [-0.2, 0) is 9.59 Å². The summed E-state index contributed by atoms with van der Waals surface area (Å²) in [5.41, 5.74) is 0.578. The molecule has 0 aromatic rings. The van der Waals surface area contributed by atoms with E-state index in [4.69, 9.17) is 11.6 Å². The van der Waals surface area contributed by atoms with Gasteiger partial charge >= 0.3 is 0 Å². The van der Waals surface area contributed by atoms with Crippen molar-refractivity contribution in [3.63, 3.8) is 0 Å². The zero-order chi connectivity index (χ0) is 10.1. The molecule has 1 aliphatic heterocycles. The zero-order valence-electron chi connectivity index (χ0n) is 7.75. The van der Waals surface area contributed by atoms with Crippen molar-refractivity contribution in [2.45, 2.75) is 31.1 Å². The van der Waals surface area contributed by atoms with Crippen LogP contribution in [-0.4, -0.2) is 17.2 Å². The Bertz CT molecular complexity index is 311. The van der Waals surface area contributed by atoms with E-state index in [1.165, 1.54) is 6.08 Å². The van der Waals surface area contributed by atoms with Crippen molar-refractivity contribution in [1.82, 2.24) is 5.32 Å². The van der Waals surface area contributed by atoms with Gasteiger partial charge in [-0.3, -0.25) is 14.9 Å². The van der Waals surface area contributed by atoms with Gasteiger partial charge in [0.25, 0.3) is 11.8 Å². The number of amides is 2. The first-order chi connectivity index (χ1) is 6.68. The summed E-state index contributed by atoms with van der Waals surface area (Å²) in [6.07, 6.45) is 5.46. The number of alkyl halides is 1. The summed E-state index contributed by atoms with van der Waals surface area (Å²) >= 11 is 6.14. The quantitative estimate of drug-likeness (QED) is 0.528. The van der Waals surface area contributed by atoms with Crippen LogP contribution < -0.4 is 5.32 Å². The van der Waals surface area contributed by atoms with Crippen molar-refractivity contribution in [3.05, 3.63) is 11.6 Å². The highest BCUT2D eigenvalue weighted by atomic mass is 35.5. The first-order valence-electron chi connectivity index (χ1n) is 4.89. The normalized spacial score (nSPS) is 32.8. The van der Waals surface area contributed by atoms with Crippen molar-refractivity contribution in [1.29, 1.82) is 0 Å². The molecule has 14 heavy (non-hydrogen) atoms. The summed E-state index contributed by atoms with van der Waals surface area (Å²) in [6, 6.07) is 0. The van der Waals surface area contributed by atoms with E-state index >= 15 is 0 Å². The summed E-state index contributed by atoms with van der Waals surface area (Å²) < 4.78 is 0. The number of carbonyl (C=O) groups is 2. The van der Waals surface area contributed by atoms with Gasteiger partial charge in [-0.25, -0.2) is 0 Å². The van der Waals surface area contributed by atoms with Crippen LogP contribution in [0.5, 0.6) is 0 Å². The molecule has 2 rings (SSSR count). The Balaban J connectivity index is 2.17. The molecule has 1 fully saturated rings. The summed E-state index contributed by atoms with van der Waals surface area (Å²) in [4.78, 5) is 22.3. The van der Waals surface area contributed by atoms with E-state index in [-0.39, 0.29) is 23.1 Å². The van der Waals surface area contributed by atoms with E-state index in [9.17, 15) is 9.59 Å². The van der Waals surface area contributed by atoms with Crippen LogP contribution in [0.2, 0.25) is 0 Å². The van der Waals surface area contributed by atoms with Gasteiger partial charge in [0.15, 0.2) is 0 Å². The number of hydrogen-bond acceptors (Lipinski definition) is 2. The highest BCUT2D eigenvalue weighted by Gasteiger charge is 2.33. The SMILES string of the molecule is O=C1C=C(C2CCCCC2Cl)C(=O)N1. The molecule has 2 unspecified atom stereocenters. The first-order valence-corrected chi connectivity index (χ1v) is 5.33. The maximum Gasteiger partial charge on any atom is 0.254 e. The fourth-order valence-corrected chi connectivity index (χ4v) is 2.55. The fraction of sp³-hybridized carbons (Fsp3) is 0.600. The number of carbonyl (C=O) groups excluding carboxylic acids is 2. The van der Waals surface area contributed by atoms with Crippen molar-refractivity contribution >= 4 is 23.4 Å². The van der Waals surface area contributed by atoms with Crippen molar-refractivity contribution < 1.29 is 9.59 Å². The second-order valence-corrected chi connectivity index (χ2v) is 4.39. The first kappa shape index (κ1) is 9.71. The molecule has 4 heteroatoms. The Morgan fingerprint density at radius 3 is 2.57 bits per heavy atom. The molecule has 1 heterocycles. The van der Waals surface area contributed by atoms with Gasteiger partial charge < -0.3 is 0 Å². The second kappa shape index (κ2) is 3.73. The van der Waals surface area contributed by atoms with Gasteiger partial charge in [-0.2, -0.15) is 0 Å². The minimum Gasteiger partial charge on any atom is -0.289 e. The van der Waals surface area contributed by atoms with Crippen LogP contribution in [0.4, 0.5) is 0 Å². The maximum absolute atomic E-state index is 11.4. The van der Waals surface area contributed by atoms with Gasteiger partial charge in [0.2, 0.25) is 0 Å². The van der Waals surface area contributed by atoms with E-state index in [2.05, 4.69) is 5.32 Å². The zero-order valence-corrected chi connectivity index (χ0v) is 8.51. The number of nitrogens with one attached hydrogen (secondary N) is 1. The van der Waals surface area contributed by atoms with E-state index in [1.807, 2.05) is 0 Å². The van der Waals surface area contributed by atoms with Crippen molar-refractivity contribution in [3.8, 4) is 0 Å². The van der Waals surface area contributed by atoms with Gasteiger partial charge in [-0.05, 0) is 12.8 Å². The molecule has 2 atom stereocenters. The molecule has 2 aliphatic rings. The average Bonchev–Trinajstić information content (AvgIpc) is 2.46. The van der Waals surface area contributed by atoms with Crippen LogP contribution in [0.3, 0.4) is 0 Å². The molecule has 3 nitrogen and oxygen atoms in total. The maximum atomic E-state index is 11.4. The lowest BCUT2D eigenvalue weighted by Crippen LogP contribution is -2.29. The molecular formula is C10H12ClNO2. The molecule has 2 amide bonds. The highest BCUT2D eigenvalue weighted by molar-refractivity contribution is 6.22. The molecular weight excluding hydrogens is 202 g/mol. The number of hydrogen-bond donors (Lipinski definition) is 1. The molecule has 0 aromatic heterocycles. The van der Waals surface area contributed by atoms with E-state index < -0.39 is 0 Å². The Hall–Kier alpha value is -0.830. The van der Waals surface area contributed by atoms with E-state index in [1.54, 1.807) is 0 Å². The largest absolute Gasteiger partial charge is 0.289 e. The van der Waals surface area contributed by atoms with Gasteiger partial charge in [-0.1, -0.05) is 12.8 Å². The van der Waals surface area contributed by atoms with Crippen LogP contribution in [0.15, 0.2) is 11.6 Å². The minimum atomic E-state index is -0.306. The summed E-state index contributed by atoms with van der Waals surface area (Å²) in [6.45, 7) is 0. The minimum absolute atomic E-state index is 0.00616. The molecule has 76 valence electrons. The summed E-state index contributed by atoms with van der Waals surface area (Å²) in [5.74, 6) is -0.496. The Morgan fingerprint density at radius 2 is 2.00 bits per heavy atom. The van der Waals surface area contributed by atoms with Gasteiger partial charge in [-0.15, -0.1) is 11.6 Å². The lowest BCUT2D eigenvalue weighted by Gasteiger charge is -2.26. The smallest absolute Gasteiger partial charge is 0.254 e. The van der Waals surface area contributed by atoms with Gasteiger partial charge in [0, 0.05) is 22.9 Å². The third-order valence-corrected chi connectivity index (χ3v) is 3.39.